The molecule has 25 heavy (non-hydrogen) atoms. The van der Waals surface area contributed by atoms with Crippen LogP contribution in [0.25, 0.3) is 0 Å². The first-order chi connectivity index (χ1) is 12.4. The van der Waals surface area contributed by atoms with E-state index in [4.69, 9.17) is 9.47 Å². The second-order valence-electron chi connectivity index (χ2n) is 6.57. The predicted octanol–water partition coefficient (Wildman–Crippen LogP) is 1.77. The Bertz CT molecular complexity index is 695. The summed E-state index contributed by atoms with van der Waals surface area (Å²) in [5.74, 6) is 1.86. The van der Waals surface area contributed by atoms with Gasteiger partial charge in [0.05, 0.1) is 19.3 Å². The van der Waals surface area contributed by atoms with Gasteiger partial charge in [0.15, 0.2) is 0 Å². The number of aromatic nitrogens is 2. The highest BCUT2D eigenvalue weighted by Gasteiger charge is 2.20. The summed E-state index contributed by atoms with van der Waals surface area (Å²) < 4.78 is 11.5. The third-order valence-corrected chi connectivity index (χ3v) is 4.78. The van der Waals surface area contributed by atoms with Gasteiger partial charge >= 0.3 is 0 Å². The van der Waals surface area contributed by atoms with E-state index < -0.39 is 0 Å². The van der Waals surface area contributed by atoms with Crippen molar-refractivity contribution in [2.45, 2.75) is 18.9 Å². The van der Waals surface area contributed by atoms with E-state index in [1.54, 1.807) is 6.20 Å². The smallest absolute Gasteiger partial charge is 0.148 e. The summed E-state index contributed by atoms with van der Waals surface area (Å²) >= 11 is 0. The Morgan fingerprint density at radius 2 is 2.24 bits per heavy atom. The second-order valence-corrected chi connectivity index (χ2v) is 6.57. The molecule has 0 amide bonds. The van der Waals surface area contributed by atoms with Crippen molar-refractivity contribution in [1.29, 1.82) is 0 Å². The van der Waals surface area contributed by atoms with Crippen LogP contribution in [-0.2, 0) is 17.6 Å². The van der Waals surface area contributed by atoms with Crippen LogP contribution in [-0.4, -0.2) is 60.6 Å². The molecule has 1 fully saturated rings. The Morgan fingerprint density at radius 3 is 3.16 bits per heavy atom. The van der Waals surface area contributed by atoms with Crippen LogP contribution in [0.3, 0.4) is 0 Å². The summed E-state index contributed by atoms with van der Waals surface area (Å²) in [5.41, 5.74) is 2.75. The number of fused-ring (bicyclic) bond motifs is 1. The monoisotopic (exact) mass is 340 g/mol. The van der Waals surface area contributed by atoms with E-state index in [1.807, 2.05) is 12.1 Å². The highest BCUT2D eigenvalue weighted by atomic mass is 16.5. The standard InChI is InChI=1S/C19H24N4O2/c1-2-19(22-21-7-1)20-13-17-14-23(9-11-24-17)8-5-15-3-4-18-16(12-15)6-10-25-18/h1-4,7,12,17H,5-6,8-11,13-14H2,(H,20,22)/t17-/m0/s1. The lowest BCUT2D eigenvalue weighted by Crippen LogP contribution is -2.46. The van der Waals surface area contributed by atoms with Crippen LogP contribution in [0.1, 0.15) is 11.1 Å². The highest BCUT2D eigenvalue weighted by molar-refractivity contribution is 5.39. The van der Waals surface area contributed by atoms with E-state index >= 15 is 0 Å². The van der Waals surface area contributed by atoms with Gasteiger partial charge in [-0.3, -0.25) is 4.90 Å². The normalized spacial score (nSPS) is 20.1. The van der Waals surface area contributed by atoms with E-state index in [9.17, 15) is 0 Å². The SMILES string of the molecule is c1cnnc(NC[C@H]2CN(CCc3ccc4c(c3)CCO4)CCO2)c1. The Hall–Kier alpha value is -2.18. The van der Waals surface area contributed by atoms with Gasteiger partial charge in [0.25, 0.3) is 0 Å². The van der Waals surface area contributed by atoms with Crippen molar-refractivity contribution in [1.82, 2.24) is 15.1 Å². The van der Waals surface area contributed by atoms with E-state index in [1.165, 1.54) is 11.1 Å². The van der Waals surface area contributed by atoms with E-state index in [0.29, 0.717) is 0 Å². The lowest BCUT2D eigenvalue weighted by molar-refractivity contribution is -0.0206. The quantitative estimate of drug-likeness (QED) is 0.865. The minimum Gasteiger partial charge on any atom is -0.493 e. The molecule has 4 rings (SSSR count). The number of ether oxygens (including phenoxy) is 2. The number of nitrogens with one attached hydrogen (secondary N) is 1. The van der Waals surface area contributed by atoms with Crippen molar-refractivity contribution >= 4 is 5.82 Å². The number of hydrogen-bond acceptors (Lipinski definition) is 6. The molecule has 0 bridgehead atoms. The minimum atomic E-state index is 0.184. The van der Waals surface area contributed by atoms with E-state index in [0.717, 1.165) is 63.8 Å². The van der Waals surface area contributed by atoms with Crippen molar-refractivity contribution in [3.05, 3.63) is 47.7 Å². The molecule has 0 aliphatic carbocycles. The topological polar surface area (TPSA) is 59.5 Å². The fourth-order valence-corrected chi connectivity index (χ4v) is 3.40. The maximum absolute atomic E-state index is 5.87. The maximum Gasteiger partial charge on any atom is 0.148 e. The van der Waals surface area contributed by atoms with E-state index in [-0.39, 0.29) is 6.10 Å². The number of benzene rings is 1. The number of morpholine rings is 1. The van der Waals surface area contributed by atoms with E-state index in [2.05, 4.69) is 38.6 Å². The molecule has 0 saturated carbocycles. The third kappa shape index (κ3) is 4.27. The molecule has 1 N–H and O–H groups in total. The van der Waals surface area contributed by atoms with Gasteiger partial charge in [0, 0.05) is 38.8 Å². The van der Waals surface area contributed by atoms with Gasteiger partial charge in [-0.2, -0.15) is 5.10 Å². The van der Waals surface area contributed by atoms with Crippen LogP contribution < -0.4 is 10.1 Å². The fourth-order valence-electron chi connectivity index (χ4n) is 3.40. The predicted molar refractivity (Wildman–Crippen MR) is 96.0 cm³/mol. The number of nitrogens with zero attached hydrogens (tertiary/aromatic N) is 3. The molecule has 2 aliphatic heterocycles. The molecule has 1 saturated heterocycles. The maximum atomic E-state index is 5.87. The van der Waals surface area contributed by atoms with Gasteiger partial charge in [-0.25, -0.2) is 0 Å². The van der Waals surface area contributed by atoms with Crippen LogP contribution in [0.4, 0.5) is 5.82 Å². The van der Waals surface area contributed by atoms with Gasteiger partial charge in [-0.05, 0) is 35.7 Å². The van der Waals surface area contributed by atoms with Gasteiger partial charge < -0.3 is 14.8 Å². The zero-order valence-corrected chi connectivity index (χ0v) is 14.4. The zero-order valence-electron chi connectivity index (χ0n) is 14.4. The molecule has 1 aromatic heterocycles. The molecule has 0 radical (unpaired) electrons. The van der Waals surface area contributed by atoms with Gasteiger partial charge in [0.1, 0.15) is 11.6 Å². The first-order valence-corrected chi connectivity index (χ1v) is 8.97. The molecule has 6 nitrogen and oxygen atoms in total. The molecule has 0 unspecified atom stereocenters. The molecule has 6 heteroatoms. The Labute approximate surface area is 148 Å². The molecule has 3 heterocycles. The van der Waals surface area contributed by atoms with Crippen LogP contribution in [0.15, 0.2) is 36.5 Å². The zero-order chi connectivity index (χ0) is 16.9. The lowest BCUT2D eigenvalue weighted by Gasteiger charge is -2.33. The Kier molecular flexibility index (Phi) is 5.09. The van der Waals surface area contributed by atoms with Crippen molar-refractivity contribution in [3.8, 4) is 5.75 Å². The number of hydrogen-bond donors (Lipinski definition) is 1. The van der Waals surface area contributed by atoms with Gasteiger partial charge in [-0.1, -0.05) is 12.1 Å². The largest absolute Gasteiger partial charge is 0.493 e. The summed E-state index contributed by atoms with van der Waals surface area (Å²) in [4.78, 5) is 2.48. The average molecular weight is 340 g/mol. The molecule has 0 spiro atoms. The van der Waals surface area contributed by atoms with Gasteiger partial charge in [0.2, 0.25) is 0 Å². The molecular weight excluding hydrogens is 316 g/mol. The molecule has 132 valence electrons. The number of anilines is 1. The molecular formula is C19H24N4O2. The Balaban J connectivity index is 1.25. The van der Waals surface area contributed by atoms with Gasteiger partial charge in [-0.15, -0.1) is 5.10 Å². The Morgan fingerprint density at radius 1 is 1.24 bits per heavy atom. The lowest BCUT2D eigenvalue weighted by atomic mass is 10.1. The summed E-state index contributed by atoms with van der Waals surface area (Å²) in [6.07, 6.45) is 3.97. The number of rotatable bonds is 6. The van der Waals surface area contributed by atoms with Crippen LogP contribution >= 0.6 is 0 Å². The van der Waals surface area contributed by atoms with Crippen LogP contribution in [0.2, 0.25) is 0 Å². The fraction of sp³-hybridized carbons (Fsp3) is 0.474. The van der Waals surface area contributed by atoms with Crippen molar-refractivity contribution in [2.75, 3.05) is 44.7 Å². The summed E-state index contributed by atoms with van der Waals surface area (Å²) in [7, 11) is 0. The summed E-state index contributed by atoms with van der Waals surface area (Å²) in [6, 6.07) is 10.4. The van der Waals surface area contributed by atoms with Crippen molar-refractivity contribution in [2.24, 2.45) is 0 Å². The first kappa shape index (κ1) is 16.3. The first-order valence-electron chi connectivity index (χ1n) is 8.97. The molecule has 1 atom stereocenters. The van der Waals surface area contributed by atoms with Crippen LogP contribution in [0.5, 0.6) is 5.75 Å². The average Bonchev–Trinajstić information content (AvgIpc) is 3.14. The van der Waals surface area contributed by atoms with Crippen LogP contribution in [0, 0.1) is 0 Å². The second kappa shape index (κ2) is 7.80. The molecule has 1 aromatic carbocycles. The van der Waals surface area contributed by atoms with Crippen molar-refractivity contribution in [3.63, 3.8) is 0 Å². The third-order valence-electron chi connectivity index (χ3n) is 4.78. The molecule has 2 aliphatic rings. The summed E-state index contributed by atoms with van der Waals surface area (Å²) in [6.45, 7) is 5.36. The summed E-state index contributed by atoms with van der Waals surface area (Å²) in [5, 5.41) is 11.2. The molecule has 2 aromatic rings. The van der Waals surface area contributed by atoms with Crippen molar-refractivity contribution < 1.29 is 9.47 Å². The highest BCUT2D eigenvalue weighted by Crippen LogP contribution is 2.26. The minimum absolute atomic E-state index is 0.184.